The average molecular weight is 358 g/mol. The van der Waals surface area contributed by atoms with Crippen LogP contribution in [0.2, 0.25) is 0 Å². The van der Waals surface area contributed by atoms with E-state index in [1.165, 1.54) is 0 Å². The van der Waals surface area contributed by atoms with Gasteiger partial charge in [-0.25, -0.2) is 9.50 Å². The highest BCUT2D eigenvalue weighted by atomic mass is 16.2. The number of amides is 2. The predicted octanol–water partition coefficient (Wildman–Crippen LogP) is 0.922. The van der Waals surface area contributed by atoms with Crippen LogP contribution in [0.5, 0.6) is 0 Å². The molecule has 140 valence electrons. The number of fused-ring (bicyclic) bond motifs is 1. The van der Waals surface area contributed by atoms with Crippen molar-refractivity contribution in [3.05, 3.63) is 29.7 Å². The van der Waals surface area contributed by atoms with E-state index in [1.807, 2.05) is 19.3 Å². The molecule has 3 heterocycles. The van der Waals surface area contributed by atoms with Crippen LogP contribution in [0.1, 0.15) is 43.1 Å². The maximum absolute atomic E-state index is 13.0. The van der Waals surface area contributed by atoms with Crippen LogP contribution < -0.4 is 5.32 Å². The van der Waals surface area contributed by atoms with Crippen LogP contribution in [0.4, 0.5) is 0 Å². The monoisotopic (exact) mass is 358 g/mol. The average Bonchev–Trinajstić information content (AvgIpc) is 2.99. The highest BCUT2D eigenvalue weighted by molar-refractivity contribution is 6.00. The first-order valence-electron chi connectivity index (χ1n) is 9.15. The molecule has 1 aliphatic heterocycles. The van der Waals surface area contributed by atoms with Crippen molar-refractivity contribution >= 4 is 17.5 Å². The van der Waals surface area contributed by atoms with Crippen LogP contribution in [0, 0.1) is 0 Å². The van der Waals surface area contributed by atoms with Gasteiger partial charge in [0.2, 0.25) is 5.91 Å². The molecular weight excluding hydrogens is 332 g/mol. The van der Waals surface area contributed by atoms with Gasteiger partial charge in [-0.1, -0.05) is 13.8 Å². The molecule has 1 N–H and O–H groups in total. The second-order valence-corrected chi connectivity index (χ2v) is 6.65. The fourth-order valence-electron chi connectivity index (χ4n) is 3.21. The van der Waals surface area contributed by atoms with Crippen molar-refractivity contribution in [2.75, 3.05) is 26.2 Å². The van der Waals surface area contributed by atoms with Crippen molar-refractivity contribution in [1.82, 2.24) is 29.7 Å². The molecule has 1 aliphatic rings. The third-order valence-corrected chi connectivity index (χ3v) is 4.91. The second-order valence-electron chi connectivity index (χ2n) is 6.65. The third-order valence-electron chi connectivity index (χ3n) is 4.91. The zero-order chi connectivity index (χ0) is 18.7. The zero-order valence-corrected chi connectivity index (χ0v) is 15.6. The van der Waals surface area contributed by atoms with E-state index in [1.54, 1.807) is 15.6 Å². The standard InChI is InChI=1S/C18H26N6O2/c1-4-22(5-2)11-14-9-20-17-15(10-21-24(17)12-14)18(26)23-7-6-16(25)19-8-13(23)3/h9-10,12-13H,4-8,11H2,1-3H3,(H,19,25)/t13-/m1/s1. The Bertz CT molecular complexity index is 798. The molecule has 0 bridgehead atoms. The lowest BCUT2D eigenvalue weighted by Crippen LogP contribution is -2.41. The van der Waals surface area contributed by atoms with E-state index in [-0.39, 0.29) is 17.9 Å². The Balaban J connectivity index is 1.84. The van der Waals surface area contributed by atoms with Crippen LogP contribution in [0.3, 0.4) is 0 Å². The van der Waals surface area contributed by atoms with Crippen molar-refractivity contribution in [1.29, 1.82) is 0 Å². The molecule has 2 amide bonds. The summed E-state index contributed by atoms with van der Waals surface area (Å²) < 4.78 is 1.66. The molecule has 0 spiro atoms. The first-order chi connectivity index (χ1) is 12.5. The van der Waals surface area contributed by atoms with Crippen LogP contribution in [0.25, 0.3) is 5.65 Å². The molecule has 1 saturated heterocycles. The number of carbonyl (C=O) groups excluding carboxylic acids is 2. The topological polar surface area (TPSA) is 82.8 Å². The van der Waals surface area contributed by atoms with Gasteiger partial charge < -0.3 is 10.2 Å². The molecule has 2 aromatic heterocycles. The van der Waals surface area contributed by atoms with Gasteiger partial charge in [-0.3, -0.25) is 14.5 Å². The van der Waals surface area contributed by atoms with Crippen molar-refractivity contribution in [3.63, 3.8) is 0 Å². The number of aromatic nitrogens is 3. The van der Waals surface area contributed by atoms with Gasteiger partial charge in [-0.05, 0) is 20.0 Å². The summed E-state index contributed by atoms with van der Waals surface area (Å²) in [6.07, 6.45) is 5.62. The van der Waals surface area contributed by atoms with E-state index in [9.17, 15) is 9.59 Å². The van der Waals surface area contributed by atoms with Crippen molar-refractivity contribution in [2.24, 2.45) is 0 Å². The summed E-state index contributed by atoms with van der Waals surface area (Å²) in [5.41, 5.74) is 2.08. The normalized spacial score (nSPS) is 18.2. The number of nitrogens with zero attached hydrogens (tertiary/aromatic N) is 5. The second kappa shape index (κ2) is 7.82. The number of hydrogen-bond acceptors (Lipinski definition) is 5. The number of hydrogen-bond donors (Lipinski definition) is 1. The highest BCUT2D eigenvalue weighted by Gasteiger charge is 2.27. The molecule has 0 radical (unpaired) electrons. The summed E-state index contributed by atoms with van der Waals surface area (Å²) in [7, 11) is 0. The smallest absolute Gasteiger partial charge is 0.259 e. The molecule has 1 fully saturated rings. The largest absolute Gasteiger partial charge is 0.354 e. The van der Waals surface area contributed by atoms with Gasteiger partial charge in [0.15, 0.2) is 5.65 Å². The van der Waals surface area contributed by atoms with Gasteiger partial charge in [0.25, 0.3) is 5.91 Å². The van der Waals surface area contributed by atoms with E-state index < -0.39 is 0 Å². The van der Waals surface area contributed by atoms with Crippen LogP contribution >= 0.6 is 0 Å². The van der Waals surface area contributed by atoms with Crippen molar-refractivity contribution in [3.8, 4) is 0 Å². The summed E-state index contributed by atoms with van der Waals surface area (Å²) in [6.45, 7) is 9.80. The number of nitrogens with one attached hydrogen (secondary N) is 1. The van der Waals surface area contributed by atoms with Gasteiger partial charge in [0.05, 0.1) is 6.20 Å². The van der Waals surface area contributed by atoms with Gasteiger partial charge in [0.1, 0.15) is 5.56 Å². The molecule has 0 aromatic carbocycles. The molecule has 0 saturated carbocycles. The summed E-state index contributed by atoms with van der Waals surface area (Å²) in [4.78, 5) is 33.1. The van der Waals surface area contributed by atoms with E-state index in [0.717, 1.165) is 25.2 Å². The molecule has 8 nitrogen and oxygen atoms in total. The first-order valence-corrected chi connectivity index (χ1v) is 9.15. The molecule has 0 aliphatic carbocycles. The lowest BCUT2D eigenvalue weighted by atomic mass is 10.2. The minimum atomic E-state index is -0.131. The SMILES string of the molecule is CCN(CC)Cc1cnc2c(C(=O)N3CCC(=O)NC[C@H]3C)cnn2c1. The summed E-state index contributed by atoms with van der Waals surface area (Å²) in [5, 5.41) is 7.15. The Labute approximate surface area is 153 Å². The van der Waals surface area contributed by atoms with Gasteiger partial charge in [-0.15, -0.1) is 0 Å². The van der Waals surface area contributed by atoms with E-state index in [2.05, 4.69) is 34.1 Å². The predicted molar refractivity (Wildman–Crippen MR) is 97.7 cm³/mol. The summed E-state index contributed by atoms with van der Waals surface area (Å²) >= 11 is 0. The summed E-state index contributed by atoms with van der Waals surface area (Å²) in [5.74, 6) is -0.154. The molecule has 2 aromatic rings. The van der Waals surface area contributed by atoms with Crippen LogP contribution in [-0.2, 0) is 11.3 Å². The first kappa shape index (κ1) is 18.3. The minimum absolute atomic E-state index is 0.0221. The van der Waals surface area contributed by atoms with Crippen LogP contribution in [0.15, 0.2) is 18.6 Å². The van der Waals surface area contributed by atoms with E-state index in [0.29, 0.717) is 30.7 Å². The van der Waals surface area contributed by atoms with Crippen molar-refractivity contribution in [2.45, 2.75) is 39.8 Å². The Morgan fingerprint density at radius 3 is 2.85 bits per heavy atom. The van der Waals surface area contributed by atoms with Crippen molar-refractivity contribution < 1.29 is 9.59 Å². The Hall–Kier alpha value is -2.48. The Morgan fingerprint density at radius 1 is 1.35 bits per heavy atom. The zero-order valence-electron chi connectivity index (χ0n) is 15.6. The highest BCUT2D eigenvalue weighted by Crippen LogP contribution is 2.16. The Morgan fingerprint density at radius 2 is 2.12 bits per heavy atom. The number of rotatable bonds is 5. The fourth-order valence-corrected chi connectivity index (χ4v) is 3.21. The van der Waals surface area contributed by atoms with E-state index >= 15 is 0 Å². The Kier molecular flexibility index (Phi) is 5.51. The van der Waals surface area contributed by atoms with Gasteiger partial charge >= 0.3 is 0 Å². The van der Waals surface area contributed by atoms with Gasteiger partial charge in [0, 0.05) is 50.1 Å². The minimum Gasteiger partial charge on any atom is -0.354 e. The molecule has 3 rings (SSSR count). The fraction of sp³-hybridized carbons (Fsp3) is 0.556. The quantitative estimate of drug-likeness (QED) is 0.859. The lowest BCUT2D eigenvalue weighted by molar-refractivity contribution is -0.120. The van der Waals surface area contributed by atoms with Gasteiger partial charge in [-0.2, -0.15) is 5.10 Å². The molecule has 8 heteroatoms. The molecule has 0 unspecified atom stereocenters. The lowest BCUT2D eigenvalue weighted by Gasteiger charge is -2.25. The maximum atomic E-state index is 13.0. The molecular formula is C18H26N6O2. The molecule has 26 heavy (non-hydrogen) atoms. The van der Waals surface area contributed by atoms with E-state index in [4.69, 9.17) is 0 Å². The maximum Gasteiger partial charge on any atom is 0.259 e. The summed E-state index contributed by atoms with van der Waals surface area (Å²) in [6, 6.07) is -0.0640. The third kappa shape index (κ3) is 3.70. The molecule has 1 atom stereocenters. The number of carbonyl (C=O) groups is 2. The van der Waals surface area contributed by atoms with Crippen LogP contribution in [-0.4, -0.2) is 68.4 Å².